The SMILES string of the molecule is Cc1nnc(NCc2ccn(C)n2)nc1C. The molecule has 0 saturated heterocycles. The maximum Gasteiger partial charge on any atom is 0.243 e. The van der Waals surface area contributed by atoms with Crippen LogP contribution in [0.25, 0.3) is 0 Å². The smallest absolute Gasteiger partial charge is 0.243 e. The Morgan fingerprint density at radius 3 is 2.69 bits per heavy atom. The number of anilines is 1. The van der Waals surface area contributed by atoms with E-state index in [1.54, 1.807) is 4.68 Å². The third-order valence-electron chi connectivity index (χ3n) is 2.29. The van der Waals surface area contributed by atoms with E-state index in [0.717, 1.165) is 17.1 Å². The molecule has 0 bridgehead atoms. The standard InChI is InChI=1S/C10H14N6/c1-7-8(2)13-14-10(12-7)11-6-9-4-5-16(3)15-9/h4-5H,6H2,1-3H3,(H,11,12,14). The van der Waals surface area contributed by atoms with Gasteiger partial charge in [-0.05, 0) is 19.9 Å². The molecule has 6 nitrogen and oxygen atoms in total. The molecule has 2 heterocycles. The number of aromatic nitrogens is 5. The van der Waals surface area contributed by atoms with Crippen molar-refractivity contribution < 1.29 is 0 Å². The Bertz CT molecular complexity index is 490. The van der Waals surface area contributed by atoms with Crippen LogP contribution in [0.5, 0.6) is 0 Å². The van der Waals surface area contributed by atoms with Gasteiger partial charge in [0.15, 0.2) is 0 Å². The second-order valence-electron chi connectivity index (χ2n) is 3.64. The minimum Gasteiger partial charge on any atom is -0.347 e. The van der Waals surface area contributed by atoms with E-state index in [1.165, 1.54) is 0 Å². The largest absolute Gasteiger partial charge is 0.347 e. The van der Waals surface area contributed by atoms with E-state index in [-0.39, 0.29) is 0 Å². The second kappa shape index (κ2) is 4.26. The van der Waals surface area contributed by atoms with Crippen molar-refractivity contribution in [2.75, 3.05) is 5.32 Å². The Kier molecular flexibility index (Phi) is 2.80. The predicted molar refractivity (Wildman–Crippen MR) is 59.8 cm³/mol. The average molecular weight is 218 g/mol. The summed E-state index contributed by atoms with van der Waals surface area (Å²) < 4.78 is 1.76. The van der Waals surface area contributed by atoms with E-state index >= 15 is 0 Å². The van der Waals surface area contributed by atoms with Gasteiger partial charge < -0.3 is 5.32 Å². The first-order valence-electron chi connectivity index (χ1n) is 5.05. The average Bonchev–Trinajstić information content (AvgIpc) is 2.66. The summed E-state index contributed by atoms with van der Waals surface area (Å²) >= 11 is 0. The fraction of sp³-hybridized carbons (Fsp3) is 0.400. The zero-order valence-corrected chi connectivity index (χ0v) is 9.60. The molecule has 2 aromatic heterocycles. The van der Waals surface area contributed by atoms with Gasteiger partial charge in [0.25, 0.3) is 0 Å². The number of hydrogen-bond donors (Lipinski definition) is 1. The lowest BCUT2D eigenvalue weighted by Gasteiger charge is -2.03. The summed E-state index contributed by atoms with van der Waals surface area (Å²) in [4.78, 5) is 4.28. The fourth-order valence-corrected chi connectivity index (χ4v) is 1.26. The van der Waals surface area contributed by atoms with E-state index in [0.29, 0.717) is 12.5 Å². The van der Waals surface area contributed by atoms with Crippen LogP contribution in [0.4, 0.5) is 5.95 Å². The van der Waals surface area contributed by atoms with Gasteiger partial charge >= 0.3 is 0 Å². The van der Waals surface area contributed by atoms with E-state index in [9.17, 15) is 0 Å². The summed E-state index contributed by atoms with van der Waals surface area (Å²) in [5.74, 6) is 0.536. The molecule has 2 aromatic rings. The summed E-state index contributed by atoms with van der Waals surface area (Å²) in [6, 6.07) is 1.95. The lowest BCUT2D eigenvalue weighted by molar-refractivity contribution is 0.745. The molecule has 6 heteroatoms. The number of hydrogen-bond acceptors (Lipinski definition) is 5. The van der Waals surface area contributed by atoms with Crippen LogP contribution in [-0.2, 0) is 13.6 Å². The first-order chi connectivity index (χ1) is 7.65. The second-order valence-corrected chi connectivity index (χ2v) is 3.64. The summed E-state index contributed by atoms with van der Waals surface area (Å²) in [7, 11) is 1.89. The highest BCUT2D eigenvalue weighted by Crippen LogP contribution is 2.03. The van der Waals surface area contributed by atoms with Crippen molar-refractivity contribution >= 4 is 5.95 Å². The molecule has 1 N–H and O–H groups in total. The third kappa shape index (κ3) is 2.33. The van der Waals surface area contributed by atoms with E-state index < -0.39 is 0 Å². The van der Waals surface area contributed by atoms with Crippen LogP contribution in [-0.4, -0.2) is 25.0 Å². The molecule has 84 valence electrons. The first-order valence-corrected chi connectivity index (χ1v) is 5.05. The summed E-state index contributed by atoms with van der Waals surface area (Å²) in [6.07, 6.45) is 1.90. The fourth-order valence-electron chi connectivity index (χ4n) is 1.26. The van der Waals surface area contributed by atoms with Crippen LogP contribution >= 0.6 is 0 Å². The van der Waals surface area contributed by atoms with E-state index in [1.807, 2.05) is 33.2 Å². The molecule has 0 aliphatic carbocycles. The Labute approximate surface area is 93.7 Å². The molecule has 0 aliphatic rings. The molecule has 0 aromatic carbocycles. The Hall–Kier alpha value is -1.98. The topological polar surface area (TPSA) is 68.5 Å². The van der Waals surface area contributed by atoms with Gasteiger partial charge in [0.2, 0.25) is 5.95 Å². The van der Waals surface area contributed by atoms with Gasteiger partial charge in [-0.1, -0.05) is 0 Å². The van der Waals surface area contributed by atoms with Crippen molar-refractivity contribution in [3.05, 3.63) is 29.3 Å². The van der Waals surface area contributed by atoms with Crippen molar-refractivity contribution in [2.45, 2.75) is 20.4 Å². The zero-order chi connectivity index (χ0) is 11.5. The van der Waals surface area contributed by atoms with Crippen LogP contribution in [0.2, 0.25) is 0 Å². The summed E-state index contributed by atoms with van der Waals surface area (Å²) in [6.45, 7) is 4.40. The van der Waals surface area contributed by atoms with Gasteiger partial charge in [-0.25, -0.2) is 4.98 Å². The highest BCUT2D eigenvalue weighted by molar-refractivity contribution is 5.25. The van der Waals surface area contributed by atoms with Gasteiger partial charge in [0, 0.05) is 13.2 Å². The molecule has 0 aliphatic heterocycles. The van der Waals surface area contributed by atoms with Crippen molar-refractivity contribution in [3.8, 4) is 0 Å². The lowest BCUT2D eigenvalue weighted by atomic mass is 10.4. The minimum atomic E-state index is 0.536. The predicted octanol–water partition coefficient (Wildman–Crippen LogP) is 0.834. The van der Waals surface area contributed by atoms with Crippen LogP contribution in [0.3, 0.4) is 0 Å². The Balaban J connectivity index is 2.02. The van der Waals surface area contributed by atoms with Gasteiger partial charge in [-0.2, -0.15) is 10.2 Å². The van der Waals surface area contributed by atoms with Crippen LogP contribution in [0.1, 0.15) is 17.1 Å². The number of nitrogens with one attached hydrogen (secondary N) is 1. The van der Waals surface area contributed by atoms with Crippen molar-refractivity contribution in [3.63, 3.8) is 0 Å². The van der Waals surface area contributed by atoms with Crippen molar-refractivity contribution in [1.82, 2.24) is 25.0 Å². The molecule has 0 saturated carbocycles. The van der Waals surface area contributed by atoms with Crippen LogP contribution in [0.15, 0.2) is 12.3 Å². The monoisotopic (exact) mass is 218 g/mol. The first kappa shape index (κ1) is 10.5. The van der Waals surface area contributed by atoms with Crippen molar-refractivity contribution in [2.24, 2.45) is 7.05 Å². The molecule has 0 fully saturated rings. The molecule has 0 atom stereocenters. The summed E-state index contributed by atoms with van der Waals surface area (Å²) in [5.41, 5.74) is 2.69. The van der Waals surface area contributed by atoms with E-state index in [4.69, 9.17) is 0 Å². The molecule has 16 heavy (non-hydrogen) atoms. The van der Waals surface area contributed by atoms with Gasteiger partial charge in [-0.3, -0.25) is 4.68 Å². The van der Waals surface area contributed by atoms with Gasteiger partial charge in [-0.15, -0.1) is 5.10 Å². The van der Waals surface area contributed by atoms with Crippen LogP contribution < -0.4 is 5.32 Å². The van der Waals surface area contributed by atoms with Crippen LogP contribution in [0, 0.1) is 13.8 Å². The molecular weight excluding hydrogens is 204 g/mol. The number of rotatable bonds is 3. The lowest BCUT2D eigenvalue weighted by Crippen LogP contribution is -2.07. The third-order valence-corrected chi connectivity index (χ3v) is 2.29. The molecular formula is C10H14N6. The number of nitrogens with zero attached hydrogens (tertiary/aromatic N) is 5. The molecule has 0 unspecified atom stereocenters. The molecule has 0 radical (unpaired) electrons. The number of aryl methyl sites for hydroxylation is 3. The molecule has 0 spiro atoms. The maximum atomic E-state index is 4.28. The summed E-state index contributed by atoms with van der Waals surface area (Å²) in [5, 5.41) is 15.3. The van der Waals surface area contributed by atoms with Gasteiger partial charge in [0.1, 0.15) is 0 Å². The Morgan fingerprint density at radius 2 is 2.06 bits per heavy atom. The Morgan fingerprint density at radius 1 is 1.25 bits per heavy atom. The maximum absolute atomic E-state index is 4.28. The van der Waals surface area contributed by atoms with Gasteiger partial charge in [0.05, 0.1) is 23.6 Å². The highest BCUT2D eigenvalue weighted by Gasteiger charge is 2.02. The molecule has 2 rings (SSSR count). The zero-order valence-electron chi connectivity index (χ0n) is 9.60. The molecule has 0 amide bonds. The highest BCUT2D eigenvalue weighted by atomic mass is 15.3. The normalized spacial score (nSPS) is 10.4. The minimum absolute atomic E-state index is 0.536. The van der Waals surface area contributed by atoms with E-state index in [2.05, 4.69) is 25.6 Å². The quantitative estimate of drug-likeness (QED) is 0.826. The van der Waals surface area contributed by atoms with Crippen molar-refractivity contribution in [1.29, 1.82) is 0 Å².